The topological polar surface area (TPSA) is 97.8 Å². The molecule has 0 spiro atoms. The Kier molecular flexibility index (Phi) is 4.55. The van der Waals surface area contributed by atoms with Crippen LogP contribution in [0, 0.1) is 11.3 Å². The van der Waals surface area contributed by atoms with Crippen LogP contribution in [-0.2, 0) is 4.79 Å². The maximum atomic E-state index is 13.2. The summed E-state index contributed by atoms with van der Waals surface area (Å²) >= 11 is 0. The van der Waals surface area contributed by atoms with E-state index in [2.05, 4.69) is 6.07 Å². The third kappa shape index (κ3) is 2.99. The number of hydrogen-bond donors (Lipinski definition) is 1. The molecule has 2 aliphatic heterocycles. The summed E-state index contributed by atoms with van der Waals surface area (Å²) in [5.74, 6) is 1.83. The highest BCUT2D eigenvalue weighted by molar-refractivity contribution is 6.01. The fraction of sp³-hybridized carbons (Fsp3) is 0.250. The molecule has 0 fully saturated rings. The van der Waals surface area contributed by atoms with Crippen LogP contribution in [0.25, 0.3) is 0 Å². The van der Waals surface area contributed by atoms with E-state index in [1.54, 1.807) is 7.11 Å². The molecule has 3 aliphatic rings. The summed E-state index contributed by atoms with van der Waals surface area (Å²) in [6, 6.07) is 15.2. The van der Waals surface area contributed by atoms with Crippen molar-refractivity contribution in [1.29, 1.82) is 5.26 Å². The fourth-order valence-corrected chi connectivity index (χ4v) is 4.54. The van der Waals surface area contributed by atoms with Gasteiger partial charge in [0.15, 0.2) is 17.3 Å². The summed E-state index contributed by atoms with van der Waals surface area (Å²) in [6.07, 6.45) is 1.90. The van der Waals surface area contributed by atoms with Crippen LogP contribution >= 0.6 is 0 Å². The molecule has 0 saturated carbocycles. The lowest BCUT2D eigenvalue weighted by Crippen LogP contribution is -2.38. The molecule has 0 radical (unpaired) electrons. The summed E-state index contributed by atoms with van der Waals surface area (Å²) in [5.41, 5.74) is 9.99. The third-order valence-corrected chi connectivity index (χ3v) is 5.97. The number of ether oxygens (including phenoxy) is 3. The lowest BCUT2D eigenvalue weighted by atomic mass is 9.75. The molecule has 0 bridgehead atoms. The van der Waals surface area contributed by atoms with E-state index < -0.39 is 5.92 Å². The minimum absolute atomic E-state index is 0.0441. The molecular formula is C24H21N3O4. The van der Waals surface area contributed by atoms with Gasteiger partial charge in [-0.05, 0) is 54.8 Å². The number of benzene rings is 2. The van der Waals surface area contributed by atoms with Crippen LogP contribution < -0.4 is 24.8 Å². The van der Waals surface area contributed by atoms with Gasteiger partial charge in [0, 0.05) is 23.4 Å². The Bertz CT molecular complexity index is 1170. The molecule has 1 atom stereocenters. The molecule has 31 heavy (non-hydrogen) atoms. The molecule has 2 heterocycles. The first-order valence-electron chi connectivity index (χ1n) is 10.1. The zero-order chi connectivity index (χ0) is 21.5. The summed E-state index contributed by atoms with van der Waals surface area (Å²) in [5, 5.41) is 10.1. The number of nitrogens with two attached hydrogens (primary N) is 1. The van der Waals surface area contributed by atoms with Gasteiger partial charge < -0.3 is 19.9 Å². The Labute approximate surface area is 179 Å². The van der Waals surface area contributed by atoms with Crippen LogP contribution in [0.1, 0.15) is 30.7 Å². The first kappa shape index (κ1) is 19.1. The van der Waals surface area contributed by atoms with Crippen molar-refractivity contribution in [3.05, 3.63) is 70.7 Å². The Morgan fingerprint density at radius 1 is 1.13 bits per heavy atom. The molecule has 7 nitrogen and oxygen atoms in total. The molecule has 1 aliphatic carbocycles. The van der Waals surface area contributed by atoms with E-state index in [0.717, 1.165) is 29.1 Å². The lowest BCUT2D eigenvalue weighted by molar-refractivity contribution is -0.116. The van der Waals surface area contributed by atoms with Gasteiger partial charge in [0.2, 0.25) is 6.79 Å². The van der Waals surface area contributed by atoms with Crippen LogP contribution in [-0.4, -0.2) is 19.7 Å². The Morgan fingerprint density at radius 3 is 2.65 bits per heavy atom. The molecular weight excluding hydrogens is 394 g/mol. The van der Waals surface area contributed by atoms with E-state index in [4.69, 9.17) is 19.9 Å². The molecule has 5 rings (SSSR count). The van der Waals surface area contributed by atoms with Crippen molar-refractivity contribution in [2.45, 2.75) is 25.2 Å². The molecule has 2 N–H and O–H groups in total. The number of methoxy groups -OCH3 is 1. The fourth-order valence-electron chi connectivity index (χ4n) is 4.54. The van der Waals surface area contributed by atoms with Gasteiger partial charge in [-0.2, -0.15) is 5.26 Å². The lowest BCUT2D eigenvalue weighted by Gasteiger charge is -2.39. The van der Waals surface area contributed by atoms with Crippen molar-refractivity contribution in [3.8, 4) is 23.3 Å². The number of rotatable bonds is 3. The molecule has 156 valence electrons. The Morgan fingerprint density at radius 2 is 1.90 bits per heavy atom. The first-order chi connectivity index (χ1) is 15.1. The molecule has 0 amide bonds. The number of nitrogens with zero attached hydrogens (tertiary/aromatic N) is 2. The summed E-state index contributed by atoms with van der Waals surface area (Å²) in [6.45, 7) is 0.157. The van der Waals surface area contributed by atoms with E-state index in [1.165, 1.54) is 0 Å². The predicted molar refractivity (Wildman–Crippen MR) is 113 cm³/mol. The van der Waals surface area contributed by atoms with Gasteiger partial charge in [-0.15, -0.1) is 0 Å². The minimum atomic E-state index is -0.531. The second kappa shape index (κ2) is 7.40. The average Bonchev–Trinajstić information content (AvgIpc) is 3.26. The van der Waals surface area contributed by atoms with E-state index in [-0.39, 0.29) is 12.6 Å². The Hall–Kier alpha value is -3.92. The van der Waals surface area contributed by atoms with Crippen LogP contribution in [0.15, 0.2) is 65.1 Å². The maximum absolute atomic E-state index is 13.2. The second-order valence-corrected chi connectivity index (χ2v) is 7.63. The number of Topliss-reactive ketones (excluding diaryl/α,β-unsaturated/α-hetero) is 1. The van der Waals surface area contributed by atoms with Crippen molar-refractivity contribution >= 4 is 11.5 Å². The molecule has 2 aromatic rings. The maximum Gasteiger partial charge on any atom is 0.231 e. The first-order valence-corrected chi connectivity index (χ1v) is 10.1. The van der Waals surface area contributed by atoms with Crippen molar-refractivity contribution in [1.82, 2.24) is 0 Å². The number of carbonyl (C=O) groups excluding carboxylic acids is 1. The molecule has 7 heteroatoms. The van der Waals surface area contributed by atoms with Crippen molar-refractivity contribution in [2.75, 3.05) is 18.8 Å². The highest BCUT2D eigenvalue weighted by Crippen LogP contribution is 2.47. The zero-order valence-electron chi connectivity index (χ0n) is 17.1. The summed E-state index contributed by atoms with van der Waals surface area (Å²) in [7, 11) is 1.61. The van der Waals surface area contributed by atoms with E-state index in [0.29, 0.717) is 41.3 Å². The van der Waals surface area contributed by atoms with Gasteiger partial charge in [0.05, 0.1) is 24.7 Å². The minimum Gasteiger partial charge on any atom is -0.497 e. The quantitative estimate of drug-likeness (QED) is 0.816. The summed E-state index contributed by atoms with van der Waals surface area (Å²) in [4.78, 5) is 15.0. The smallest absolute Gasteiger partial charge is 0.231 e. The largest absolute Gasteiger partial charge is 0.497 e. The SMILES string of the molecule is COc1ccc(N2C(N)=C(C#N)[C@H](c3ccc4c(c3)OCO4)C3=C2CCCC3=O)cc1. The van der Waals surface area contributed by atoms with Crippen molar-refractivity contribution in [3.63, 3.8) is 0 Å². The molecule has 0 saturated heterocycles. The van der Waals surface area contributed by atoms with Crippen molar-refractivity contribution in [2.24, 2.45) is 5.73 Å². The molecule has 0 aromatic heterocycles. The Balaban J connectivity index is 1.69. The normalized spacial score (nSPS) is 19.9. The van der Waals surface area contributed by atoms with Crippen LogP contribution in [0.2, 0.25) is 0 Å². The molecule has 0 unspecified atom stereocenters. The highest BCUT2D eigenvalue weighted by atomic mass is 16.7. The number of anilines is 1. The number of carbonyl (C=O) groups is 1. The van der Waals surface area contributed by atoms with E-state index >= 15 is 0 Å². The summed E-state index contributed by atoms with van der Waals surface area (Å²) < 4.78 is 16.2. The third-order valence-electron chi connectivity index (χ3n) is 5.97. The highest BCUT2D eigenvalue weighted by Gasteiger charge is 2.40. The number of hydrogen-bond acceptors (Lipinski definition) is 7. The number of nitriles is 1. The predicted octanol–water partition coefficient (Wildman–Crippen LogP) is 3.73. The van der Waals surface area contributed by atoms with Crippen LogP contribution in [0.5, 0.6) is 17.2 Å². The van der Waals surface area contributed by atoms with Gasteiger partial charge in [-0.3, -0.25) is 9.69 Å². The number of allylic oxidation sites excluding steroid dienone is 3. The van der Waals surface area contributed by atoms with Crippen LogP contribution in [0.4, 0.5) is 5.69 Å². The van der Waals surface area contributed by atoms with E-state index in [9.17, 15) is 10.1 Å². The number of ketones is 1. The van der Waals surface area contributed by atoms with Gasteiger partial charge in [0.1, 0.15) is 11.6 Å². The standard InChI is InChI=1S/C24H21N3O4/c1-29-16-8-6-15(7-9-16)27-18-3-2-4-19(28)23(18)22(17(12-25)24(27)26)14-5-10-20-21(11-14)31-13-30-20/h5-11,22H,2-4,13,26H2,1H3/t22-/m0/s1. The van der Waals surface area contributed by atoms with E-state index in [1.807, 2.05) is 47.4 Å². The number of fused-ring (bicyclic) bond motifs is 1. The average molecular weight is 415 g/mol. The van der Waals surface area contributed by atoms with Gasteiger partial charge >= 0.3 is 0 Å². The van der Waals surface area contributed by atoms with Gasteiger partial charge in [0.25, 0.3) is 0 Å². The van der Waals surface area contributed by atoms with Gasteiger partial charge in [-0.1, -0.05) is 6.07 Å². The van der Waals surface area contributed by atoms with Crippen molar-refractivity contribution < 1.29 is 19.0 Å². The monoisotopic (exact) mass is 415 g/mol. The second-order valence-electron chi connectivity index (χ2n) is 7.63. The zero-order valence-corrected chi connectivity index (χ0v) is 17.1. The van der Waals surface area contributed by atoms with Gasteiger partial charge in [-0.25, -0.2) is 0 Å². The van der Waals surface area contributed by atoms with Crippen LogP contribution in [0.3, 0.4) is 0 Å². The molecule has 2 aromatic carbocycles.